The summed E-state index contributed by atoms with van der Waals surface area (Å²) >= 11 is 1.62. The fourth-order valence-corrected chi connectivity index (χ4v) is 2.11. The van der Waals surface area contributed by atoms with E-state index in [1.807, 2.05) is 30.3 Å². The molecule has 0 aliphatic carbocycles. The Labute approximate surface area is 93.1 Å². The van der Waals surface area contributed by atoms with Gasteiger partial charge in [0.2, 0.25) is 0 Å². The second-order valence-corrected chi connectivity index (χ2v) is 4.37. The van der Waals surface area contributed by atoms with Crippen LogP contribution >= 0.6 is 11.8 Å². The normalized spacial score (nSPS) is 12.3. The van der Waals surface area contributed by atoms with Gasteiger partial charge in [0.25, 0.3) is 0 Å². The average molecular weight is 226 g/mol. The summed E-state index contributed by atoms with van der Waals surface area (Å²) in [6.45, 7) is 0. The van der Waals surface area contributed by atoms with E-state index >= 15 is 0 Å². The monoisotopic (exact) mass is 226 g/mol. The van der Waals surface area contributed by atoms with Crippen LogP contribution in [0.25, 0.3) is 0 Å². The molecule has 0 spiro atoms. The molecule has 2 N–H and O–H groups in total. The highest BCUT2D eigenvalue weighted by Crippen LogP contribution is 2.18. The largest absolute Gasteiger partial charge is 0.481 e. The van der Waals surface area contributed by atoms with Crippen LogP contribution in [0.2, 0.25) is 0 Å². The van der Waals surface area contributed by atoms with Gasteiger partial charge in [-0.1, -0.05) is 18.2 Å². The first-order chi connectivity index (χ1) is 7.18. The summed E-state index contributed by atoms with van der Waals surface area (Å²) in [6, 6.07) is 9.85. The van der Waals surface area contributed by atoms with E-state index in [4.69, 9.17) is 5.11 Å². The first-order valence-electron chi connectivity index (χ1n) is 4.76. The van der Waals surface area contributed by atoms with Crippen molar-refractivity contribution in [1.29, 1.82) is 0 Å². The number of rotatable bonds is 6. The van der Waals surface area contributed by atoms with Gasteiger partial charge in [-0.3, -0.25) is 4.79 Å². The van der Waals surface area contributed by atoms with E-state index in [1.165, 1.54) is 0 Å². The van der Waals surface area contributed by atoms with Crippen molar-refractivity contribution >= 4 is 17.7 Å². The van der Waals surface area contributed by atoms with Gasteiger partial charge >= 0.3 is 5.97 Å². The predicted octanol–water partition coefficient (Wildman–Crippen LogP) is 2.00. The van der Waals surface area contributed by atoms with E-state index in [1.54, 1.807) is 11.8 Å². The standard InChI is InChI=1S/C11H14O3S/c12-9(8-11(13)14)6-7-15-10-4-2-1-3-5-10/h1-5,9,12H,6-8H2,(H,13,14). The fourth-order valence-electron chi connectivity index (χ4n) is 1.13. The van der Waals surface area contributed by atoms with E-state index in [9.17, 15) is 9.90 Å². The quantitative estimate of drug-likeness (QED) is 0.728. The van der Waals surface area contributed by atoms with E-state index in [0.29, 0.717) is 6.42 Å². The molecule has 3 nitrogen and oxygen atoms in total. The number of aliphatic hydroxyl groups is 1. The molecule has 0 saturated heterocycles. The van der Waals surface area contributed by atoms with Crippen LogP contribution in [0, 0.1) is 0 Å². The molecule has 1 aromatic carbocycles. The van der Waals surface area contributed by atoms with Crippen molar-refractivity contribution in [2.45, 2.75) is 23.8 Å². The zero-order valence-electron chi connectivity index (χ0n) is 8.30. The van der Waals surface area contributed by atoms with Gasteiger partial charge in [-0.2, -0.15) is 0 Å². The Hall–Kier alpha value is -1.00. The molecule has 1 aromatic rings. The second kappa shape index (κ2) is 6.48. The highest BCUT2D eigenvalue weighted by Gasteiger charge is 2.08. The number of carbonyl (C=O) groups is 1. The van der Waals surface area contributed by atoms with Crippen LogP contribution in [0.15, 0.2) is 35.2 Å². The number of thioether (sulfide) groups is 1. The lowest BCUT2D eigenvalue weighted by molar-refractivity contribution is -0.139. The van der Waals surface area contributed by atoms with Crippen molar-refractivity contribution in [1.82, 2.24) is 0 Å². The van der Waals surface area contributed by atoms with Gasteiger partial charge in [-0.15, -0.1) is 11.8 Å². The molecule has 4 heteroatoms. The molecule has 0 bridgehead atoms. The van der Waals surface area contributed by atoms with Crippen LogP contribution in [-0.4, -0.2) is 28.0 Å². The number of hydrogen-bond donors (Lipinski definition) is 2. The molecular formula is C11H14O3S. The Balaban J connectivity index is 2.19. The minimum atomic E-state index is -0.952. The molecule has 0 fully saturated rings. The van der Waals surface area contributed by atoms with Crippen molar-refractivity contribution in [2.24, 2.45) is 0 Å². The molecule has 0 amide bonds. The number of carboxylic acids is 1. The van der Waals surface area contributed by atoms with E-state index < -0.39 is 12.1 Å². The Morgan fingerprint density at radius 3 is 2.60 bits per heavy atom. The Kier molecular flexibility index (Phi) is 5.21. The molecule has 1 rings (SSSR count). The Bertz CT molecular complexity index is 300. The van der Waals surface area contributed by atoms with Crippen LogP contribution in [0.1, 0.15) is 12.8 Å². The molecule has 15 heavy (non-hydrogen) atoms. The molecule has 0 saturated carbocycles. The summed E-state index contributed by atoms with van der Waals surface area (Å²) < 4.78 is 0. The van der Waals surface area contributed by atoms with Gasteiger partial charge in [0.05, 0.1) is 12.5 Å². The minimum absolute atomic E-state index is 0.171. The molecule has 0 heterocycles. The van der Waals surface area contributed by atoms with Crippen LogP contribution < -0.4 is 0 Å². The lowest BCUT2D eigenvalue weighted by Gasteiger charge is -2.06. The smallest absolute Gasteiger partial charge is 0.305 e. The van der Waals surface area contributed by atoms with Gasteiger partial charge in [0.15, 0.2) is 0 Å². The fraction of sp³-hybridized carbons (Fsp3) is 0.364. The maximum atomic E-state index is 10.3. The molecular weight excluding hydrogens is 212 g/mol. The molecule has 0 aliphatic rings. The summed E-state index contributed by atoms with van der Waals surface area (Å²) in [5.41, 5.74) is 0. The van der Waals surface area contributed by atoms with Gasteiger partial charge in [-0.05, 0) is 18.6 Å². The molecule has 0 aromatic heterocycles. The summed E-state index contributed by atoms with van der Waals surface area (Å²) in [4.78, 5) is 11.4. The number of aliphatic carboxylic acids is 1. The van der Waals surface area contributed by atoms with Crippen molar-refractivity contribution in [3.8, 4) is 0 Å². The van der Waals surface area contributed by atoms with Crippen molar-refractivity contribution in [2.75, 3.05) is 5.75 Å². The topological polar surface area (TPSA) is 57.5 Å². The summed E-state index contributed by atoms with van der Waals surface area (Å²) in [5, 5.41) is 17.7. The Morgan fingerprint density at radius 1 is 1.33 bits per heavy atom. The minimum Gasteiger partial charge on any atom is -0.481 e. The molecule has 1 atom stereocenters. The van der Waals surface area contributed by atoms with Gasteiger partial charge in [-0.25, -0.2) is 0 Å². The third kappa shape index (κ3) is 5.44. The van der Waals surface area contributed by atoms with Gasteiger partial charge in [0, 0.05) is 10.6 Å². The molecule has 0 radical (unpaired) electrons. The van der Waals surface area contributed by atoms with Crippen LogP contribution in [0.5, 0.6) is 0 Å². The third-order valence-corrected chi connectivity index (χ3v) is 2.92. The highest BCUT2D eigenvalue weighted by atomic mass is 32.2. The maximum absolute atomic E-state index is 10.3. The van der Waals surface area contributed by atoms with E-state index in [2.05, 4.69) is 0 Å². The zero-order valence-corrected chi connectivity index (χ0v) is 9.11. The molecule has 1 unspecified atom stereocenters. The summed E-state index contributed by atoms with van der Waals surface area (Å²) in [7, 11) is 0. The number of aliphatic hydroxyl groups excluding tert-OH is 1. The first-order valence-corrected chi connectivity index (χ1v) is 5.75. The predicted molar refractivity (Wildman–Crippen MR) is 60.0 cm³/mol. The third-order valence-electron chi connectivity index (χ3n) is 1.87. The summed E-state index contributed by atoms with van der Waals surface area (Å²) in [5.74, 6) is -0.217. The van der Waals surface area contributed by atoms with Crippen molar-refractivity contribution < 1.29 is 15.0 Å². The van der Waals surface area contributed by atoms with Crippen LogP contribution in [-0.2, 0) is 4.79 Å². The lowest BCUT2D eigenvalue weighted by Crippen LogP contribution is -2.13. The van der Waals surface area contributed by atoms with Crippen molar-refractivity contribution in [3.05, 3.63) is 30.3 Å². The lowest BCUT2D eigenvalue weighted by atomic mass is 10.2. The number of benzene rings is 1. The highest BCUT2D eigenvalue weighted by molar-refractivity contribution is 7.99. The van der Waals surface area contributed by atoms with Crippen molar-refractivity contribution in [3.63, 3.8) is 0 Å². The van der Waals surface area contributed by atoms with Crippen LogP contribution in [0.4, 0.5) is 0 Å². The molecule has 0 aliphatic heterocycles. The average Bonchev–Trinajstić information content (AvgIpc) is 2.18. The van der Waals surface area contributed by atoms with Crippen LogP contribution in [0.3, 0.4) is 0 Å². The maximum Gasteiger partial charge on any atom is 0.305 e. The Morgan fingerprint density at radius 2 is 2.00 bits per heavy atom. The SMILES string of the molecule is O=C(O)CC(O)CCSc1ccccc1. The van der Waals surface area contributed by atoms with Gasteiger partial charge < -0.3 is 10.2 Å². The molecule has 82 valence electrons. The second-order valence-electron chi connectivity index (χ2n) is 3.20. The van der Waals surface area contributed by atoms with Gasteiger partial charge in [0.1, 0.15) is 0 Å². The number of hydrogen-bond acceptors (Lipinski definition) is 3. The van der Waals surface area contributed by atoms with E-state index in [0.717, 1.165) is 10.6 Å². The number of carboxylic acid groups (broad SMARTS) is 1. The summed E-state index contributed by atoms with van der Waals surface area (Å²) in [6.07, 6.45) is -0.403. The zero-order chi connectivity index (χ0) is 11.1. The first kappa shape index (κ1) is 12.1. The van der Waals surface area contributed by atoms with E-state index in [-0.39, 0.29) is 6.42 Å².